The molecule has 1 aromatic carbocycles. The Kier molecular flexibility index (Phi) is 4.80. The Morgan fingerprint density at radius 3 is 2.79 bits per heavy atom. The van der Waals surface area contributed by atoms with E-state index in [4.69, 9.17) is 4.74 Å². The number of methoxy groups -OCH3 is 1. The highest BCUT2D eigenvalue weighted by atomic mass is 16.5. The van der Waals surface area contributed by atoms with Gasteiger partial charge in [0.25, 0.3) is 0 Å². The summed E-state index contributed by atoms with van der Waals surface area (Å²) in [5.74, 6) is 0.788. The molecule has 1 aliphatic rings. The molecule has 0 atom stereocenters. The predicted octanol–water partition coefficient (Wildman–Crippen LogP) is 1.01. The van der Waals surface area contributed by atoms with Gasteiger partial charge in [-0.25, -0.2) is 0 Å². The third-order valence-electron chi connectivity index (χ3n) is 3.65. The molecule has 4 nitrogen and oxygen atoms in total. The Labute approximate surface area is 114 Å². The molecule has 0 bridgehead atoms. The van der Waals surface area contributed by atoms with Crippen molar-refractivity contribution >= 4 is 11.6 Å². The normalized spacial score (nSPS) is 15.5. The molecule has 0 aliphatic carbocycles. The van der Waals surface area contributed by atoms with Gasteiger partial charge in [-0.1, -0.05) is 6.07 Å². The summed E-state index contributed by atoms with van der Waals surface area (Å²) in [7, 11) is 1.62. The number of carbonyl (C=O) groups is 1. The van der Waals surface area contributed by atoms with Gasteiger partial charge in [0.15, 0.2) is 0 Å². The fourth-order valence-corrected chi connectivity index (χ4v) is 2.55. The second kappa shape index (κ2) is 6.57. The molecule has 2 rings (SSSR count). The fraction of sp³-hybridized carbons (Fsp3) is 0.533. The monoisotopic (exact) mass is 263 g/mol. The summed E-state index contributed by atoms with van der Waals surface area (Å²) < 4.78 is 5.26. The molecule has 0 spiro atoms. The van der Waals surface area contributed by atoms with Gasteiger partial charge < -0.3 is 15.0 Å². The van der Waals surface area contributed by atoms with Crippen LogP contribution >= 0.6 is 0 Å². The second-order valence-electron chi connectivity index (χ2n) is 5.21. The first-order chi connectivity index (χ1) is 9.19. The first-order valence-electron chi connectivity index (χ1n) is 6.97. The van der Waals surface area contributed by atoms with E-state index < -0.39 is 0 Å². The van der Waals surface area contributed by atoms with Crippen LogP contribution in [0.25, 0.3) is 0 Å². The number of hydrogen-bond acceptors (Lipinski definition) is 2. The largest absolute Gasteiger partial charge is 0.495 e. The summed E-state index contributed by atoms with van der Waals surface area (Å²) in [6.07, 6.45) is 3.16. The van der Waals surface area contributed by atoms with Crippen molar-refractivity contribution in [2.45, 2.75) is 26.2 Å². The van der Waals surface area contributed by atoms with Gasteiger partial charge in [0.2, 0.25) is 5.91 Å². The first kappa shape index (κ1) is 13.9. The average Bonchev–Trinajstić information content (AvgIpc) is 2.90. The molecule has 4 heteroatoms. The maximum atomic E-state index is 12.0. The van der Waals surface area contributed by atoms with Gasteiger partial charge >= 0.3 is 0 Å². The molecule has 2 N–H and O–H groups in total. The minimum Gasteiger partial charge on any atom is -0.495 e. The number of benzene rings is 1. The van der Waals surface area contributed by atoms with E-state index in [-0.39, 0.29) is 5.91 Å². The number of carbonyl (C=O) groups excluding carboxylic acids is 1. The van der Waals surface area contributed by atoms with E-state index in [9.17, 15) is 4.79 Å². The summed E-state index contributed by atoms with van der Waals surface area (Å²) in [6, 6.07) is 5.80. The van der Waals surface area contributed by atoms with E-state index in [2.05, 4.69) is 5.32 Å². The molecule has 104 valence electrons. The number of anilines is 1. The molecule has 1 aliphatic heterocycles. The lowest BCUT2D eigenvalue weighted by atomic mass is 10.2. The van der Waals surface area contributed by atoms with Crippen molar-refractivity contribution in [1.82, 2.24) is 0 Å². The topological polar surface area (TPSA) is 42.8 Å². The summed E-state index contributed by atoms with van der Waals surface area (Å²) in [4.78, 5) is 13.5. The highest BCUT2D eigenvalue weighted by molar-refractivity contribution is 5.92. The fourth-order valence-electron chi connectivity index (χ4n) is 2.55. The van der Waals surface area contributed by atoms with Crippen LogP contribution in [-0.2, 0) is 4.79 Å². The third-order valence-corrected chi connectivity index (χ3v) is 3.65. The van der Waals surface area contributed by atoms with E-state index >= 15 is 0 Å². The number of rotatable bonds is 5. The van der Waals surface area contributed by atoms with Crippen LogP contribution in [0.1, 0.15) is 24.8 Å². The number of hydrogen-bond donors (Lipinski definition) is 2. The second-order valence-corrected chi connectivity index (χ2v) is 5.21. The molecule has 1 heterocycles. The lowest BCUT2D eigenvalue weighted by Gasteiger charge is -2.13. The van der Waals surface area contributed by atoms with Gasteiger partial charge in [-0.2, -0.15) is 0 Å². The Balaban J connectivity index is 1.88. The molecule has 1 amide bonds. The summed E-state index contributed by atoms with van der Waals surface area (Å²) in [5.41, 5.74) is 1.88. The number of ether oxygens (including phenoxy) is 1. The van der Waals surface area contributed by atoms with E-state index in [0.29, 0.717) is 12.2 Å². The molecule has 1 aromatic rings. The highest BCUT2D eigenvalue weighted by Gasteiger charge is 2.16. The van der Waals surface area contributed by atoms with Gasteiger partial charge in [0, 0.05) is 12.8 Å². The minimum absolute atomic E-state index is 0.0725. The smallest absolute Gasteiger partial charge is 0.230 e. The molecule has 0 unspecified atom stereocenters. The zero-order valence-electron chi connectivity index (χ0n) is 11.8. The van der Waals surface area contributed by atoms with Crippen molar-refractivity contribution in [1.29, 1.82) is 0 Å². The van der Waals surface area contributed by atoms with Crippen molar-refractivity contribution in [2.24, 2.45) is 0 Å². The maximum Gasteiger partial charge on any atom is 0.230 e. The van der Waals surface area contributed by atoms with E-state index in [1.807, 2.05) is 25.1 Å². The van der Waals surface area contributed by atoms with Crippen molar-refractivity contribution in [2.75, 3.05) is 32.1 Å². The quantitative estimate of drug-likeness (QED) is 0.832. The van der Waals surface area contributed by atoms with Crippen molar-refractivity contribution in [3.05, 3.63) is 23.8 Å². The van der Waals surface area contributed by atoms with Crippen LogP contribution in [-0.4, -0.2) is 32.7 Å². The molecular formula is C15H23N2O2+. The Hall–Kier alpha value is -1.55. The Bertz CT molecular complexity index is 440. The van der Waals surface area contributed by atoms with Crippen LogP contribution in [0.2, 0.25) is 0 Å². The van der Waals surface area contributed by atoms with Gasteiger partial charge in [0.05, 0.1) is 38.9 Å². The van der Waals surface area contributed by atoms with Crippen LogP contribution in [0.4, 0.5) is 5.69 Å². The summed E-state index contributed by atoms with van der Waals surface area (Å²) in [6.45, 7) is 5.35. The highest BCUT2D eigenvalue weighted by Crippen LogP contribution is 2.25. The van der Waals surface area contributed by atoms with Crippen LogP contribution in [0.3, 0.4) is 0 Å². The third kappa shape index (κ3) is 3.96. The lowest BCUT2D eigenvalue weighted by molar-refractivity contribution is -0.886. The van der Waals surface area contributed by atoms with Gasteiger partial charge in [0.1, 0.15) is 5.75 Å². The summed E-state index contributed by atoms with van der Waals surface area (Å²) >= 11 is 0. The zero-order chi connectivity index (χ0) is 13.7. The van der Waals surface area contributed by atoms with Crippen molar-refractivity contribution in [3.63, 3.8) is 0 Å². The molecule has 0 radical (unpaired) electrons. The maximum absolute atomic E-state index is 12.0. The van der Waals surface area contributed by atoms with Crippen molar-refractivity contribution in [3.8, 4) is 5.75 Å². The van der Waals surface area contributed by atoms with E-state index in [0.717, 1.165) is 17.8 Å². The Morgan fingerprint density at radius 2 is 2.11 bits per heavy atom. The van der Waals surface area contributed by atoms with Gasteiger partial charge in [-0.15, -0.1) is 0 Å². The number of quaternary nitrogens is 1. The lowest BCUT2D eigenvalue weighted by Crippen LogP contribution is -3.10. The number of nitrogens with one attached hydrogen (secondary N) is 2. The molecule has 1 fully saturated rings. The molecule has 0 aromatic heterocycles. The van der Waals surface area contributed by atoms with Crippen molar-refractivity contribution < 1.29 is 14.4 Å². The SMILES string of the molecule is COc1ccc(C)cc1NC(=O)CC[NH+]1CCCC1. The Morgan fingerprint density at radius 1 is 1.37 bits per heavy atom. The van der Waals surface area contributed by atoms with Crippen LogP contribution in [0, 0.1) is 6.92 Å². The number of likely N-dealkylation sites (tertiary alicyclic amines) is 1. The zero-order valence-corrected chi connectivity index (χ0v) is 11.8. The molecular weight excluding hydrogens is 240 g/mol. The van der Waals surface area contributed by atoms with Crippen LogP contribution in [0.5, 0.6) is 5.75 Å². The molecule has 1 saturated heterocycles. The van der Waals surface area contributed by atoms with Gasteiger partial charge in [-0.05, 0) is 24.6 Å². The average molecular weight is 263 g/mol. The summed E-state index contributed by atoms with van der Waals surface area (Å²) in [5, 5.41) is 2.95. The molecule has 19 heavy (non-hydrogen) atoms. The molecule has 0 saturated carbocycles. The standard InChI is InChI=1S/C15H22N2O2/c1-12-5-6-14(19-2)13(11-12)16-15(18)7-10-17-8-3-4-9-17/h5-6,11H,3-4,7-10H2,1-2H3,(H,16,18)/p+1. The minimum atomic E-state index is 0.0725. The van der Waals surface area contributed by atoms with Crippen LogP contribution in [0.15, 0.2) is 18.2 Å². The number of amides is 1. The number of aryl methyl sites for hydroxylation is 1. The van der Waals surface area contributed by atoms with E-state index in [1.54, 1.807) is 12.0 Å². The van der Waals surface area contributed by atoms with Crippen LogP contribution < -0.4 is 15.0 Å². The first-order valence-corrected chi connectivity index (χ1v) is 6.97. The van der Waals surface area contributed by atoms with Gasteiger partial charge in [-0.3, -0.25) is 4.79 Å². The predicted molar refractivity (Wildman–Crippen MR) is 75.8 cm³/mol. The van der Waals surface area contributed by atoms with E-state index in [1.165, 1.54) is 25.9 Å².